The van der Waals surface area contributed by atoms with Gasteiger partial charge in [-0.1, -0.05) is 6.92 Å². The van der Waals surface area contributed by atoms with E-state index < -0.39 is 0 Å². The van der Waals surface area contributed by atoms with Crippen LogP contribution < -0.4 is 0 Å². The molecule has 12 heavy (non-hydrogen) atoms. The molecule has 72 valence electrons. The first-order valence-corrected chi connectivity index (χ1v) is 5.96. The Morgan fingerprint density at radius 3 is 3.08 bits per heavy atom. The highest BCUT2D eigenvalue weighted by molar-refractivity contribution is 7.99. The molecule has 0 amide bonds. The zero-order valence-electron chi connectivity index (χ0n) is 7.83. The van der Waals surface area contributed by atoms with Crippen molar-refractivity contribution in [3.05, 3.63) is 0 Å². The van der Waals surface area contributed by atoms with E-state index in [2.05, 4.69) is 11.8 Å². The quantitative estimate of drug-likeness (QED) is 0.672. The van der Waals surface area contributed by atoms with Gasteiger partial charge in [-0.3, -0.25) is 4.90 Å². The maximum absolute atomic E-state index is 9.39. The molecule has 0 saturated carbocycles. The SMILES string of the molecule is CCSCCN1CCC[C@H](O)C1. The average molecular weight is 189 g/mol. The van der Waals surface area contributed by atoms with Crippen LogP contribution >= 0.6 is 11.8 Å². The van der Waals surface area contributed by atoms with Gasteiger partial charge in [0.2, 0.25) is 0 Å². The van der Waals surface area contributed by atoms with Crippen LogP contribution in [0.4, 0.5) is 0 Å². The Morgan fingerprint density at radius 2 is 2.42 bits per heavy atom. The van der Waals surface area contributed by atoms with E-state index in [1.54, 1.807) is 0 Å². The van der Waals surface area contributed by atoms with Gasteiger partial charge in [0, 0.05) is 18.8 Å². The highest BCUT2D eigenvalue weighted by atomic mass is 32.2. The molecule has 0 aromatic rings. The molecule has 1 saturated heterocycles. The van der Waals surface area contributed by atoms with Gasteiger partial charge in [0.1, 0.15) is 0 Å². The molecule has 1 fully saturated rings. The van der Waals surface area contributed by atoms with Crippen LogP contribution in [-0.2, 0) is 0 Å². The largest absolute Gasteiger partial charge is 0.392 e. The summed E-state index contributed by atoms with van der Waals surface area (Å²) in [5.74, 6) is 2.42. The third kappa shape index (κ3) is 3.78. The van der Waals surface area contributed by atoms with Crippen LogP contribution in [0.3, 0.4) is 0 Å². The third-order valence-electron chi connectivity index (χ3n) is 2.24. The molecular weight excluding hydrogens is 170 g/mol. The fraction of sp³-hybridized carbons (Fsp3) is 1.00. The molecule has 3 heteroatoms. The standard InChI is InChI=1S/C9H19NOS/c1-2-12-7-6-10-5-3-4-9(11)8-10/h9,11H,2-8H2,1H3/t9-/m0/s1. The number of nitrogens with zero attached hydrogens (tertiary/aromatic N) is 1. The molecule has 1 aliphatic rings. The smallest absolute Gasteiger partial charge is 0.0667 e. The van der Waals surface area contributed by atoms with Gasteiger partial charge in [-0.25, -0.2) is 0 Å². The molecule has 0 aromatic carbocycles. The van der Waals surface area contributed by atoms with Gasteiger partial charge in [0.25, 0.3) is 0 Å². The van der Waals surface area contributed by atoms with E-state index in [-0.39, 0.29) is 6.10 Å². The van der Waals surface area contributed by atoms with Gasteiger partial charge in [-0.15, -0.1) is 0 Å². The zero-order valence-corrected chi connectivity index (χ0v) is 8.65. The van der Waals surface area contributed by atoms with Crippen molar-refractivity contribution in [2.24, 2.45) is 0 Å². The lowest BCUT2D eigenvalue weighted by atomic mass is 10.1. The van der Waals surface area contributed by atoms with Crippen molar-refractivity contribution in [2.45, 2.75) is 25.9 Å². The number of rotatable bonds is 4. The average Bonchev–Trinajstić information content (AvgIpc) is 2.05. The molecular formula is C9H19NOS. The van der Waals surface area contributed by atoms with E-state index >= 15 is 0 Å². The number of likely N-dealkylation sites (tertiary alicyclic amines) is 1. The number of piperidine rings is 1. The van der Waals surface area contributed by atoms with E-state index in [0.717, 1.165) is 25.9 Å². The molecule has 0 aliphatic carbocycles. The fourth-order valence-corrected chi connectivity index (χ4v) is 2.25. The third-order valence-corrected chi connectivity index (χ3v) is 3.12. The van der Waals surface area contributed by atoms with E-state index in [1.165, 1.54) is 18.1 Å². The Kier molecular flexibility index (Phi) is 5.04. The monoisotopic (exact) mass is 189 g/mol. The first-order valence-electron chi connectivity index (χ1n) is 4.81. The lowest BCUT2D eigenvalue weighted by molar-refractivity contribution is 0.0743. The summed E-state index contributed by atoms with van der Waals surface area (Å²) in [5, 5.41) is 9.39. The van der Waals surface area contributed by atoms with Crippen LogP contribution in [0.5, 0.6) is 0 Å². The summed E-state index contributed by atoms with van der Waals surface area (Å²) in [5.41, 5.74) is 0. The number of hydrogen-bond acceptors (Lipinski definition) is 3. The summed E-state index contributed by atoms with van der Waals surface area (Å²) in [6, 6.07) is 0. The Labute approximate surface area is 79.3 Å². The Hall–Kier alpha value is 0.270. The van der Waals surface area contributed by atoms with Crippen LogP contribution in [0.25, 0.3) is 0 Å². The number of aliphatic hydroxyl groups is 1. The number of β-amino-alcohol motifs (C(OH)–C–C–N with tert-alkyl or cyclic N) is 1. The Morgan fingerprint density at radius 1 is 1.58 bits per heavy atom. The summed E-state index contributed by atoms with van der Waals surface area (Å²) in [6.07, 6.45) is 2.10. The number of hydrogen-bond donors (Lipinski definition) is 1. The van der Waals surface area contributed by atoms with Crippen molar-refractivity contribution >= 4 is 11.8 Å². The van der Waals surface area contributed by atoms with Gasteiger partial charge in [0.15, 0.2) is 0 Å². The van der Waals surface area contributed by atoms with Crippen molar-refractivity contribution in [3.63, 3.8) is 0 Å². The summed E-state index contributed by atoms with van der Waals surface area (Å²) < 4.78 is 0. The second-order valence-electron chi connectivity index (χ2n) is 3.29. The molecule has 1 rings (SSSR count). The maximum Gasteiger partial charge on any atom is 0.0667 e. The first-order chi connectivity index (χ1) is 5.83. The minimum Gasteiger partial charge on any atom is -0.392 e. The van der Waals surface area contributed by atoms with Gasteiger partial charge >= 0.3 is 0 Å². The molecule has 0 aromatic heterocycles. The zero-order chi connectivity index (χ0) is 8.81. The van der Waals surface area contributed by atoms with Crippen molar-refractivity contribution in [3.8, 4) is 0 Å². The maximum atomic E-state index is 9.39. The van der Waals surface area contributed by atoms with Gasteiger partial charge in [-0.2, -0.15) is 11.8 Å². The van der Waals surface area contributed by atoms with Gasteiger partial charge < -0.3 is 5.11 Å². The summed E-state index contributed by atoms with van der Waals surface area (Å²) >= 11 is 1.98. The van der Waals surface area contributed by atoms with E-state index in [4.69, 9.17) is 0 Å². The highest BCUT2D eigenvalue weighted by Crippen LogP contribution is 2.10. The molecule has 0 spiro atoms. The molecule has 1 heterocycles. The molecule has 2 nitrogen and oxygen atoms in total. The van der Waals surface area contributed by atoms with Gasteiger partial charge in [0.05, 0.1) is 6.10 Å². The number of aliphatic hydroxyl groups excluding tert-OH is 1. The number of thioether (sulfide) groups is 1. The van der Waals surface area contributed by atoms with E-state index in [1.807, 2.05) is 11.8 Å². The molecule has 0 unspecified atom stereocenters. The Balaban J connectivity index is 2.06. The molecule has 1 aliphatic heterocycles. The van der Waals surface area contributed by atoms with Crippen molar-refractivity contribution in [2.75, 3.05) is 31.1 Å². The molecule has 1 N–H and O–H groups in total. The van der Waals surface area contributed by atoms with Crippen LogP contribution in [0.1, 0.15) is 19.8 Å². The summed E-state index contributed by atoms with van der Waals surface area (Å²) in [6.45, 7) is 5.41. The fourth-order valence-electron chi connectivity index (χ4n) is 1.57. The lowest BCUT2D eigenvalue weighted by Gasteiger charge is -2.29. The minimum atomic E-state index is -0.0645. The molecule has 0 bridgehead atoms. The van der Waals surface area contributed by atoms with Gasteiger partial charge in [-0.05, 0) is 25.1 Å². The van der Waals surface area contributed by atoms with Crippen LogP contribution in [-0.4, -0.2) is 47.3 Å². The van der Waals surface area contributed by atoms with Crippen LogP contribution in [0, 0.1) is 0 Å². The predicted molar refractivity (Wildman–Crippen MR) is 54.7 cm³/mol. The lowest BCUT2D eigenvalue weighted by Crippen LogP contribution is -2.39. The normalized spacial score (nSPS) is 26.0. The predicted octanol–water partition coefficient (Wildman–Crippen LogP) is 1.20. The van der Waals surface area contributed by atoms with Crippen molar-refractivity contribution < 1.29 is 5.11 Å². The van der Waals surface area contributed by atoms with Crippen molar-refractivity contribution in [1.82, 2.24) is 4.90 Å². The van der Waals surface area contributed by atoms with Crippen molar-refractivity contribution in [1.29, 1.82) is 0 Å². The van der Waals surface area contributed by atoms with E-state index in [9.17, 15) is 5.11 Å². The second-order valence-corrected chi connectivity index (χ2v) is 4.69. The topological polar surface area (TPSA) is 23.5 Å². The highest BCUT2D eigenvalue weighted by Gasteiger charge is 2.16. The summed E-state index contributed by atoms with van der Waals surface area (Å²) in [7, 11) is 0. The minimum absolute atomic E-state index is 0.0645. The second kappa shape index (κ2) is 5.84. The van der Waals surface area contributed by atoms with E-state index in [0.29, 0.717) is 0 Å². The molecule has 0 radical (unpaired) electrons. The Bertz CT molecular complexity index is 121. The first kappa shape index (κ1) is 10.4. The van der Waals surface area contributed by atoms with Crippen LogP contribution in [0.2, 0.25) is 0 Å². The molecule has 1 atom stereocenters. The van der Waals surface area contributed by atoms with Crippen LogP contribution in [0.15, 0.2) is 0 Å². The summed E-state index contributed by atoms with van der Waals surface area (Å²) in [4.78, 5) is 2.37.